The maximum atomic E-state index is 12.9. The molecule has 1 unspecified atom stereocenters. The number of carbonyl (C=O) groups is 2. The first-order valence-electron chi connectivity index (χ1n) is 10.2. The average Bonchev–Trinajstić information content (AvgIpc) is 2.88. The summed E-state index contributed by atoms with van der Waals surface area (Å²) in [6.07, 6.45) is -3.33. The van der Waals surface area contributed by atoms with Crippen LogP contribution in [0, 0.1) is 5.92 Å². The van der Waals surface area contributed by atoms with Gasteiger partial charge in [-0.1, -0.05) is 13.8 Å². The molecule has 0 saturated carbocycles. The van der Waals surface area contributed by atoms with Crippen molar-refractivity contribution >= 4 is 17.9 Å². The van der Waals surface area contributed by atoms with Gasteiger partial charge in [-0.2, -0.15) is 4.98 Å². The van der Waals surface area contributed by atoms with Gasteiger partial charge < -0.3 is 35.5 Å². The minimum absolute atomic E-state index is 0.0152. The van der Waals surface area contributed by atoms with Gasteiger partial charge in [-0.15, -0.1) is 0 Å². The van der Waals surface area contributed by atoms with E-state index in [9.17, 15) is 24.6 Å². The van der Waals surface area contributed by atoms with Crippen molar-refractivity contribution < 1.29 is 34.0 Å². The van der Waals surface area contributed by atoms with Gasteiger partial charge in [-0.3, -0.25) is 4.57 Å². The highest BCUT2D eigenvalue weighted by Gasteiger charge is 2.56. The van der Waals surface area contributed by atoms with Gasteiger partial charge in [-0.05, 0) is 39.7 Å². The number of anilines is 1. The third kappa shape index (κ3) is 5.75. The molecule has 5 atom stereocenters. The molecule has 0 radical (unpaired) electrons. The molecule has 1 aromatic rings. The normalized spacial score (nSPS) is 26.6. The van der Waals surface area contributed by atoms with Gasteiger partial charge >= 0.3 is 17.8 Å². The zero-order valence-electron chi connectivity index (χ0n) is 19.1. The van der Waals surface area contributed by atoms with E-state index in [1.54, 1.807) is 34.6 Å². The fourth-order valence-corrected chi connectivity index (χ4v) is 3.31. The second kappa shape index (κ2) is 9.43. The summed E-state index contributed by atoms with van der Waals surface area (Å²) in [6.45, 7) is 9.14. The van der Waals surface area contributed by atoms with E-state index in [1.807, 2.05) is 0 Å². The Hall–Kier alpha value is -2.70. The summed E-state index contributed by atoms with van der Waals surface area (Å²) in [7, 11) is 0. The molecule has 1 saturated heterocycles. The fraction of sp³-hybridized carbons (Fsp3) is 0.700. The molecule has 12 heteroatoms. The molecule has 2 heterocycles. The van der Waals surface area contributed by atoms with Gasteiger partial charge in [0.2, 0.25) is 0 Å². The minimum atomic E-state index is -1.92. The molecule has 32 heavy (non-hydrogen) atoms. The van der Waals surface area contributed by atoms with Crippen molar-refractivity contribution in [3.8, 4) is 0 Å². The van der Waals surface area contributed by atoms with Crippen molar-refractivity contribution in [2.24, 2.45) is 5.92 Å². The van der Waals surface area contributed by atoms with Crippen LogP contribution in [-0.2, 0) is 19.0 Å². The molecule has 1 aliphatic heterocycles. The summed E-state index contributed by atoms with van der Waals surface area (Å²) >= 11 is 0. The van der Waals surface area contributed by atoms with Crippen LogP contribution in [0.5, 0.6) is 0 Å². The van der Waals surface area contributed by atoms with Crippen LogP contribution in [-0.4, -0.2) is 67.9 Å². The maximum Gasteiger partial charge on any atom is 0.408 e. The molecule has 12 nitrogen and oxygen atoms in total. The van der Waals surface area contributed by atoms with Crippen LogP contribution in [0.2, 0.25) is 0 Å². The summed E-state index contributed by atoms with van der Waals surface area (Å²) < 4.78 is 17.3. The van der Waals surface area contributed by atoms with Gasteiger partial charge in [0.15, 0.2) is 12.3 Å². The molecular formula is C20H32N4O8. The first-order chi connectivity index (χ1) is 14.7. The average molecular weight is 456 g/mol. The Balaban J connectivity index is 2.25. The molecule has 1 aromatic heterocycles. The van der Waals surface area contributed by atoms with E-state index in [4.69, 9.17) is 19.9 Å². The molecule has 0 aliphatic carbocycles. The van der Waals surface area contributed by atoms with Crippen LogP contribution >= 0.6 is 0 Å². The fourth-order valence-electron chi connectivity index (χ4n) is 3.31. The highest BCUT2D eigenvalue weighted by atomic mass is 16.6. The van der Waals surface area contributed by atoms with E-state index in [2.05, 4.69) is 10.3 Å². The number of nitrogens with zero attached hydrogens (tertiary/aromatic N) is 2. The SMILES string of the molecule is CC(C)C(NC(=O)OC(C)(C)C)C(=O)O[C@@H]1[C@@H](CO)O[C@@H](n2ccc(N)nc2=O)[C@]1(C)O. The lowest BCUT2D eigenvalue weighted by Gasteiger charge is -2.32. The number of alkyl carbamates (subject to hydrolysis) is 1. The first-order valence-corrected chi connectivity index (χ1v) is 10.2. The molecular weight excluding hydrogens is 424 g/mol. The number of carbonyl (C=O) groups excluding carboxylic acids is 2. The quantitative estimate of drug-likeness (QED) is 0.424. The molecule has 0 bridgehead atoms. The molecule has 2 rings (SSSR count). The monoisotopic (exact) mass is 456 g/mol. The van der Waals surface area contributed by atoms with E-state index in [0.29, 0.717) is 0 Å². The Bertz CT molecular complexity index is 892. The number of aliphatic hydroxyl groups excluding tert-OH is 1. The third-order valence-corrected chi connectivity index (χ3v) is 4.84. The highest BCUT2D eigenvalue weighted by Crippen LogP contribution is 2.39. The molecule has 1 fully saturated rings. The van der Waals surface area contributed by atoms with Crippen molar-refractivity contribution in [3.05, 3.63) is 22.7 Å². The standard InChI is InChI=1S/C20H32N4O8/c1-10(2)13(23-18(28)32-19(3,4)5)15(26)31-14-11(9-25)30-16(20(14,6)29)24-8-7-12(21)22-17(24)27/h7-8,10-11,13-14,16,25,29H,9H2,1-6H3,(H,23,28)(H2,21,22,27)/t11-,13?,14-,16-,20-/m1/s1. The van der Waals surface area contributed by atoms with Gasteiger partial charge in [-0.25, -0.2) is 14.4 Å². The first kappa shape index (κ1) is 25.6. The number of aromatic nitrogens is 2. The Morgan fingerprint density at radius 3 is 2.53 bits per heavy atom. The largest absolute Gasteiger partial charge is 0.455 e. The lowest BCUT2D eigenvalue weighted by atomic mass is 9.95. The van der Waals surface area contributed by atoms with Crippen molar-refractivity contribution in [3.63, 3.8) is 0 Å². The Kier molecular flexibility index (Phi) is 7.53. The molecule has 1 aliphatic rings. The van der Waals surface area contributed by atoms with Crippen LogP contribution in [0.25, 0.3) is 0 Å². The van der Waals surface area contributed by atoms with Gasteiger partial charge in [0.1, 0.15) is 29.2 Å². The molecule has 1 amide bonds. The number of amides is 1. The van der Waals surface area contributed by atoms with Crippen molar-refractivity contribution in [2.75, 3.05) is 12.3 Å². The number of aliphatic hydroxyl groups is 2. The van der Waals surface area contributed by atoms with Gasteiger partial charge in [0.25, 0.3) is 0 Å². The topological polar surface area (TPSA) is 175 Å². The minimum Gasteiger partial charge on any atom is -0.455 e. The highest BCUT2D eigenvalue weighted by molar-refractivity contribution is 5.82. The van der Waals surface area contributed by atoms with Crippen LogP contribution in [0.4, 0.5) is 10.6 Å². The molecule has 180 valence electrons. The van der Waals surface area contributed by atoms with Crippen LogP contribution in [0.15, 0.2) is 17.1 Å². The summed E-state index contributed by atoms with van der Waals surface area (Å²) in [6, 6.07) is 0.244. The van der Waals surface area contributed by atoms with Crippen molar-refractivity contribution in [1.29, 1.82) is 0 Å². The zero-order valence-corrected chi connectivity index (χ0v) is 19.1. The summed E-state index contributed by atoms with van der Waals surface area (Å²) in [5.74, 6) is -1.25. The molecule has 0 spiro atoms. The number of ether oxygens (including phenoxy) is 3. The number of rotatable bonds is 6. The van der Waals surface area contributed by atoms with Gasteiger partial charge in [0, 0.05) is 6.20 Å². The lowest BCUT2D eigenvalue weighted by molar-refractivity contribution is -0.167. The summed E-state index contributed by atoms with van der Waals surface area (Å²) in [4.78, 5) is 40.9. The van der Waals surface area contributed by atoms with Crippen molar-refractivity contribution in [1.82, 2.24) is 14.9 Å². The predicted molar refractivity (Wildman–Crippen MR) is 112 cm³/mol. The smallest absolute Gasteiger partial charge is 0.408 e. The number of nitrogens with two attached hydrogens (primary N) is 1. The maximum absolute atomic E-state index is 12.9. The second-order valence-corrected chi connectivity index (χ2v) is 9.20. The predicted octanol–water partition coefficient (Wildman–Crippen LogP) is -0.0727. The number of nitrogens with one attached hydrogen (secondary N) is 1. The number of hydrogen-bond acceptors (Lipinski definition) is 10. The van der Waals surface area contributed by atoms with E-state index < -0.39 is 60.0 Å². The van der Waals surface area contributed by atoms with E-state index in [-0.39, 0.29) is 11.7 Å². The number of hydrogen-bond donors (Lipinski definition) is 4. The number of esters is 1. The Labute approximate surface area is 185 Å². The van der Waals surface area contributed by atoms with E-state index in [0.717, 1.165) is 4.57 Å². The van der Waals surface area contributed by atoms with Gasteiger partial charge in [0.05, 0.1) is 6.61 Å². The van der Waals surface area contributed by atoms with Crippen LogP contribution < -0.4 is 16.7 Å². The van der Waals surface area contributed by atoms with Crippen LogP contribution in [0.3, 0.4) is 0 Å². The Morgan fingerprint density at radius 2 is 2.03 bits per heavy atom. The Morgan fingerprint density at radius 1 is 1.41 bits per heavy atom. The van der Waals surface area contributed by atoms with E-state index in [1.165, 1.54) is 19.2 Å². The molecule has 5 N–H and O–H groups in total. The zero-order chi connectivity index (χ0) is 24.4. The summed E-state index contributed by atoms with van der Waals surface area (Å²) in [5.41, 5.74) is 2.02. The second-order valence-electron chi connectivity index (χ2n) is 9.20. The summed E-state index contributed by atoms with van der Waals surface area (Å²) in [5, 5.41) is 23.3. The van der Waals surface area contributed by atoms with E-state index >= 15 is 0 Å². The van der Waals surface area contributed by atoms with Crippen LogP contribution in [0.1, 0.15) is 47.8 Å². The lowest BCUT2D eigenvalue weighted by Crippen LogP contribution is -2.53. The molecule has 0 aromatic carbocycles. The number of nitrogen functional groups attached to an aromatic ring is 1. The van der Waals surface area contributed by atoms with Crippen molar-refractivity contribution in [2.45, 2.75) is 77.2 Å². The third-order valence-electron chi connectivity index (χ3n) is 4.84.